The zero-order valence-electron chi connectivity index (χ0n) is 13.2. The van der Waals surface area contributed by atoms with Gasteiger partial charge in [-0.05, 0) is 24.3 Å². The Morgan fingerprint density at radius 2 is 1.50 bits per heavy atom. The van der Waals surface area contributed by atoms with E-state index in [1.54, 1.807) is 0 Å². The van der Waals surface area contributed by atoms with Gasteiger partial charge in [-0.15, -0.1) is 0 Å². The van der Waals surface area contributed by atoms with Crippen molar-refractivity contribution in [2.24, 2.45) is 0 Å². The minimum Gasteiger partial charge on any atom is -0.260 e. The molecule has 0 radical (unpaired) electrons. The summed E-state index contributed by atoms with van der Waals surface area (Å²) in [6, 6.07) is 6.17. The van der Waals surface area contributed by atoms with Crippen molar-refractivity contribution in [1.82, 2.24) is 4.98 Å². The number of aromatic nitrogens is 1. The Hall–Kier alpha value is -0.500. The van der Waals surface area contributed by atoms with Crippen molar-refractivity contribution < 1.29 is 0 Å². The van der Waals surface area contributed by atoms with Gasteiger partial charge in [0.25, 0.3) is 0 Å². The molecule has 0 unspecified atom stereocenters. The van der Waals surface area contributed by atoms with Gasteiger partial charge in [-0.2, -0.15) is 11.8 Å². The van der Waals surface area contributed by atoms with E-state index in [4.69, 9.17) is 0 Å². The van der Waals surface area contributed by atoms with Crippen LogP contribution in [-0.4, -0.2) is 10.7 Å². The first kappa shape index (κ1) is 17.6. The molecule has 0 aliphatic rings. The summed E-state index contributed by atoms with van der Waals surface area (Å²) in [5.41, 5.74) is 1.21. The predicted octanol–water partition coefficient (Wildman–Crippen LogP) is 6.24. The van der Waals surface area contributed by atoms with Gasteiger partial charge in [0, 0.05) is 11.9 Å². The van der Waals surface area contributed by atoms with Crippen molar-refractivity contribution in [2.75, 3.05) is 5.75 Å². The number of nitrogens with zero attached hydrogens (tertiary/aromatic N) is 1. The molecule has 0 saturated carbocycles. The molecular weight excluding hydrogens is 262 g/mol. The Labute approximate surface area is 130 Å². The number of hydrogen-bond donors (Lipinski definition) is 0. The fourth-order valence-corrected chi connectivity index (χ4v) is 3.28. The molecule has 0 bridgehead atoms. The van der Waals surface area contributed by atoms with Gasteiger partial charge in [-0.1, -0.05) is 70.8 Å². The van der Waals surface area contributed by atoms with Crippen LogP contribution >= 0.6 is 11.8 Å². The van der Waals surface area contributed by atoms with Crippen LogP contribution in [0.15, 0.2) is 24.4 Å². The molecule has 0 saturated heterocycles. The van der Waals surface area contributed by atoms with Crippen LogP contribution in [0.3, 0.4) is 0 Å². The highest BCUT2D eigenvalue weighted by atomic mass is 32.2. The van der Waals surface area contributed by atoms with E-state index < -0.39 is 0 Å². The van der Waals surface area contributed by atoms with Crippen molar-refractivity contribution >= 4 is 11.8 Å². The molecule has 0 spiro atoms. The van der Waals surface area contributed by atoms with Gasteiger partial charge < -0.3 is 0 Å². The molecule has 1 rings (SSSR count). The van der Waals surface area contributed by atoms with Crippen molar-refractivity contribution in [2.45, 2.75) is 76.9 Å². The second kappa shape index (κ2) is 13.5. The second-order valence-corrected chi connectivity index (χ2v) is 6.66. The lowest BCUT2D eigenvalue weighted by atomic mass is 10.1. The lowest BCUT2D eigenvalue weighted by Crippen LogP contribution is -1.87. The first-order valence-electron chi connectivity index (χ1n) is 8.41. The fraction of sp³-hybridized carbons (Fsp3) is 0.722. The fourth-order valence-electron chi connectivity index (χ4n) is 2.35. The molecule has 1 aromatic rings. The number of pyridine rings is 1. The third-order valence-electron chi connectivity index (χ3n) is 3.62. The second-order valence-electron chi connectivity index (χ2n) is 5.56. The quantitative estimate of drug-likeness (QED) is 0.399. The molecule has 0 atom stereocenters. The van der Waals surface area contributed by atoms with Crippen LogP contribution in [0, 0.1) is 0 Å². The van der Waals surface area contributed by atoms with Crippen molar-refractivity contribution in [3.8, 4) is 0 Å². The third kappa shape index (κ3) is 10.3. The molecule has 20 heavy (non-hydrogen) atoms. The van der Waals surface area contributed by atoms with Gasteiger partial charge in [0.1, 0.15) is 0 Å². The van der Waals surface area contributed by atoms with Crippen molar-refractivity contribution in [3.05, 3.63) is 30.1 Å². The number of unbranched alkanes of at least 4 members (excludes halogenated alkanes) is 9. The van der Waals surface area contributed by atoms with Crippen molar-refractivity contribution in [3.63, 3.8) is 0 Å². The molecule has 0 N–H and O–H groups in total. The van der Waals surface area contributed by atoms with E-state index in [1.807, 2.05) is 24.0 Å². The average molecular weight is 294 g/mol. The summed E-state index contributed by atoms with van der Waals surface area (Å²) in [6.07, 6.45) is 16.1. The molecule has 0 fully saturated rings. The molecular formula is C18H31NS. The molecule has 2 heteroatoms. The first-order chi connectivity index (χ1) is 9.93. The summed E-state index contributed by atoms with van der Waals surface area (Å²) >= 11 is 2.02. The highest BCUT2D eigenvalue weighted by molar-refractivity contribution is 7.98. The van der Waals surface area contributed by atoms with Gasteiger partial charge >= 0.3 is 0 Å². The smallest absolute Gasteiger partial charge is 0.0502 e. The minimum absolute atomic E-state index is 1.07. The van der Waals surface area contributed by atoms with Crippen molar-refractivity contribution in [1.29, 1.82) is 0 Å². The van der Waals surface area contributed by atoms with E-state index in [0.29, 0.717) is 0 Å². The summed E-state index contributed by atoms with van der Waals surface area (Å²) in [5, 5.41) is 0. The maximum Gasteiger partial charge on any atom is 0.0502 e. The van der Waals surface area contributed by atoms with Crippen LogP contribution in [0.2, 0.25) is 0 Å². The van der Waals surface area contributed by atoms with Gasteiger partial charge in [-0.3, -0.25) is 4.98 Å². The lowest BCUT2D eigenvalue weighted by Gasteiger charge is -2.03. The Kier molecular flexibility index (Phi) is 11.8. The monoisotopic (exact) mass is 293 g/mol. The zero-order chi connectivity index (χ0) is 14.3. The number of rotatable bonds is 13. The molecule has 0 aromatic carbocycles. The van der Waals surface area contributed by atoms with E-state index in [1.165, 1.54) is 75.7 Å². The van der Waals surface area contributed by atoms with Crippen LogP contribution in [0.5, 0.6) is 0 Å². The number of hydrogen-bond acceptors (Lipinski definition) is 2. The Morgan fingerprint density at radius 3 is 2.10 bits per heavy atom. The zero-order valence-corrected chi connectivity index (χ0v) is 14.0. The summed E-state index contributed by atoms with van der Waals surface area (Å²) in [7, 11) is 0. The molecule has 114 valence electrons. The highest BCUT2D eigenvalue weighted by Gasteiger charge is 1.95. The minimum atomic E-state index is 1.07. The summed E-state index contributed by atoms with van der Waals surface area (Å²) in [4.78, 5) is 4.35. The van der Waals surface area contributed by atoms with Crippen LogP contribution in [0.25, 0.3) is 0 Å². The third-order valence-corrected chi connectivity index (χ3v) is 4.70. The van der Waals surface area contributed by atoms with Gasteiger partial charge in [-0.25, -0.2) is 0 Å². The summed E-state index contributed by atoms with van der Waals surface area (Å²) in [5.74, 6) is 2.35. The lowest BCUT2D eigenvalue weighted by molar-refractivity contribution is 0.563. The van der Waals surface area contributed by atoms with Crippen LogP contribution < -0.4 is 0 Å². The maximum atomic E-state index is 4.35. The standard InChI is InChI=1S/C18H31NS/c1-2-3-4-5-6-7-8-9-10-13-16-20-17-18-14-11-12-15-19-18/h11-12,14-15H,2-10,13,16-17H2,1H3. The summed E-state index contributed by atoms with van der Waals surface area (Å²) < 4.78 is 0. The Morgan fingerprint density at radius 1 is 0.850 bits per heavy atom. The first-order valence-corrected chi connectivity index (χ1v) is 9.56. The van der Waals surface area contributed by atoms with E-state index in [9.17, 15) is 0 Å². The SMILES string of the molecule is CCCCCCCCCCCCSCc1ccccn1. The average Bonchev–Trinajstić information content (AvgIpc) is 2.49. The van der Waals surface area contributed by atoms with Gasteiger partial charge in [0.05, 0.1) is 5.69 Å². The van der Waals surface area contributed by atoms with E-state index in [-0.39, 0.29) is 0 Å². The molecule has 1 heterocycles. The molecule has 1 aromatic heterocycles. The Bertz CT molecular complexity index is 300. The van der Waals surface area contributed by atoms with E-state index in [0.717, 1.165) is 5.75 Å². The van der Waals surface area contributed by atoms with E-state index in [2.05, 4.69) is 24.0 Å². The number of thioether (sulfide) groups is 1. The predicted molar refractivity (Wildman–Crippen MR) is 92.2 cm³/mol. The highest BCUT2D eigenvalue weighted by Crippen LogP contribution is 2.14. The molecule has 0 aliphatic carbocycles. The molecule has 0 aliphatic heterocycles. The molecule has 0 amide bonds. The normalized spacial score (nSPS) is 10.8. The van der Waals surface area contributed by atoms with Crippen LogP contribution in [0.1, 0.15) is 76.8 Å². The summed E-state index contributed by atoms with van der Waals surface area (Å²) in [6.45, 7) is 2.28. The van der Waals surface area contributed by atoms with E-state index >= 15 is 0 Å². The van der Waals surface area contributed by atoms with Crippen LogP contribution in [0.4, 0.5) is 0 Å². The van der Waals surface area contributed by atoms with Gasteiger partial charge in [0.2, 0.25) is 0 Å². The maximum absolute atomic E-state index is 4.35. The Balaban J connectivity index is 1.77. The molecule has 1 nitrogen and oxygen atoms in total. The van der Waals surface area contributed by atoms with Gasteiger partial charge in [0.15, 0.2) is 0 Å². The topological polar surface area (TPSA) is 12.9 Å². The largest absolute Gasteiger partial charge is 0.260 e. The van der Waals surface area contributed by atoms with Crippen LogP contribution in [-0.2, 0) is 5.75 Å².